The van der Waals surface area contributed by atoms with Crippen molar-refractivity contribution in [3.8, 4) is 0 Å². The van der Waals surface area contributed by atoms with E-state index in [-0.39, 0.29) is 11.9 Å². The van der Waals surface area contributed by atoms with E-state index in [1.165, 1.54) is 12.1 Å². The minimum atomic E-state index is -0.308. The Morgan fingerprint density at radius 2 is 2.11 bits per heavy atom. The molecular weight excluding hydrogens is 319 g/mol. The maximum atomic E-state index is 13.3. The van der Waals surface area contributed by atoms with E-state index < -0.39 is 0 Å². The van der Waals surface area contributed by atoms with E-state index in [0.717, 1.165) is 10.0 Å². The van der Waals surface area contributed by atoms with Crippen molar-refractivity contribution in [2.75, 3.05) is 7.05 Å². The Bertz CT molecular complexity index is 562. The number of benzene rings is 1. The second-order valence-electron chi connectivity index (χ2n) is 3.82. The number of aromatic nitrogens is 1. The lowest BCUT2D eigenvalue weighted by atomic mass is 10.0. The van der Waals surface area contributed by atoms with E-state index in [1.807, 2.05) is 6.07 Å². The fourth-order valence-corrected chi connectivity index (χ4v) is 2.43. The number of halogens is 3. The summed E-state index contributed by atoms with van der Waals surface area (Å²) in [4.78, 5) is 4.11. The molecule has 18 heavy (non-hydrogen) atoms. The van der Waals surface area contributed by atoms with Crippen molar-refractivity contribution in [3.05, 3.63) is 63.1 Å². The topological polar surface area (TPSA) is 24.9 Å². The van der Waals surface area contributed by atoms with Crippen LogP contribution in [0.1, 0.15) is 17.2 Å². The zero-order valence-corrected chi connectivity index (χ0v) is 12.0. The van der Waals surface area contributed by atoms with E-state index in [1.54, 1.807) is 25.5 Å². The maximum absolute atomic E-state index is 13.3. The molecule has 1 aromatic carbocycles. The Labute approximate surface area is 118 Å². The predicted molar refractivity (Wildman–Crippen MR) is 74.2 cm³/mol. The predicted octanol–water partition coefficient (Wildman–Crippen LogP) is 3.95. The van der Waals surface area contributed by atoms with Crippen LogP contribution in [0.25, 0.3) is 0 Å². The Morgan fingerprint density at radius 3 is 2.78 bits per heavy atom. The number of nitrogens with one attached hydrogen (secondary N) is 1. The van der Waals surface area contributed by atoms with Crippen LogP contribution in [0.4, 0.5) is 4.39 Å². The molecule has 0 saturated heterocycles. The molecule has 1 atom stereocenters. The van der Waals surface area contributed by atoms with E-state index >= 15 is 0 Å². The van der Waals surface area contributed by atoms with Crippen LogP contribution in [-0.2, 0) is 0 Å². The molecule has 1 heterocycles. The molecule has 2 aromatic rings. The smallest absolute Gasteiger partial charge is 0.123 e. The van der Waals surface area contributed by atoms with E-state index in [4.69, 9.17) is 11.6 Å². The van der Waals surface area contributed by atoms with Gasteiger partial charge in [0.15, 0.2) is 0 Å². The molecule has 2 nitrogen and oxygen atoms in total. The van der Waals surface area contributed by atoms with Gasteiger partial charge in [0.25, 0.3) is 0 Å². The van der Waals surface area contributed by atoms with Crippen molar-refractivity contribution in [3.63, 3.8) is 0 Å². The van der Waals surface area contributed by atoms with Gasteiger partial charge in [-0.15, -0.1) is 0 Å². The average molecular weight is 330 g/mol. The standard InChI is InChI=1S/C13H11BrClFN2/c1-17-13(8-4-9(14)7-18-6-8)11-5-10(16)2-3-12(11)15/h2-7,13,17H,1H3. The summed E-state index contributed by atoms with van der Waals surface area (Å²) in [5, 5.41) is 3.64. The Hall–Kier alpha value is -0.970. The molecule has 0 aliphatic heterocycles. The second-order valence-corrected chi connectivity index (χ2v) is 5.15. The van der Waals surface area contributed by atoms with Crippen molar-refractivity contribution in [2.45, 2.75) is 6.04 Å². The average Bonchev–Trinajstić information content (AvgIpc) is 2.35. The van der Waals surface area contributed by atoms with Crippen LogP contribution in [0.2, 0.25) is 5.02 Å². The number of pyridine rings is 1. The molecule has 0 fully saturated rings. The highest BCUT2D eigenvalue weighted by atomic mass is 79.9. The van der Waals surface area contributed by atoms with Crippen LogP contribution in [0.15, 0.2) is 41.1 Å². The fraction of sp³-hybridized carbons (Fsp3) is 0.154. The van der Waals surface area contributed by atoms with Crippen LogP contribution in [0.5, 0.6) is 0 Å². The number of hydrogen-bond acceptors (Lipinski definition) is 2. The largest absolute Gasteiger partial charge is 0.309 e. The Kier molecular flexibility index (Phi) is 4.32. The zero-order valence-electron chi connectivity index (χ0n) is 9.62. The second kappa shape index (κ2) is 5.78. The lowest BCUT2D eigenvalue weighted by Gasteiger charge is -2.18. The van der Waals surface area contributed by atoms with Gasteiger partial charge in [-0.3, -0.25) is 4.98 Å². The molecule has 1 N–H and O–H groups in total. The van der Waals surface area contributed by atoms with E-state index in [0.29, 0.717) is 10.6 Å². The number of hydrogen-bond donors (Lipinski definition) is 1. The summed E-state index contributed by atoms with van der Waals surface area (Å²) >= 11 is 9.49. The van der Waals surface area contributed by atoms with Crippen molar-refractivity contribution in [1.82, 2.24) is 10.3 Å². The zero-order chi connectivity index (χ0) is 13.1. The Morgan fingerprint density at radius 1 is 1.33 bits per heavy atom. The summed E-state index contributed by atoms with van der Waals surface area (Å²) < 4.78 is 14.2. The quantitative estimate of drug-likeness (QED) is 0.922. The first-order valence-electron chi connectivity index (χ1n) is 5.34. The van der Waals surface area contributed by atoms with Gasteiger partial charge in [-0.25, -0.2) is 4.39 Å². The summed E-state index contributed by atoms with van der Waals surface area (Å²) in [6, 6.07) is 6.07. The molecule has 0 spiro atoms. The molecule has 1 aromatic heterocycles. The summed E-state index contributed by atoms with van der Waals surface area (Å²) in [6.07, 6.45) is 3.43. The highest BCUT2D eigenvalue weighted by Gasteiger charge is 2.16. The van der Waals surface area contributed by atoms with Gasteiger partial charge in [-0.1, -0.05) is 11.6 Å². The highest BCUT2D eigenvalue weighted by molar-refractivity contribution is 9.10. The highest BCUT2D eigenvalue weighted by Crippen LogP contribution is 2.29. The van der Waals surface area contributed by atoms with Crippen molar-refractivity contribution >= 4 is 27.5 Å². The molecule has 0 aliphatic rings. The molecule has 0 bridgehead atoms. The molecule has 0 radical (unpaired) electrons. The molecule has 2 rings (SSSR count). The van der Waals surface area contributed by atoms with Crippen LogP contribution >= 0.6 is 27.5 Å². The number of nitrogens with zero attached hydrogens (tertiary/aromatic N) is 1. The number of rotatable bonds is 3. The van der Waals surface area contributed by atoms with E-state index in [9.17, 15) is 4.39 Å². The Balaban J connectivity index is 2.48. The normalized spacial score (nSPS) is 12.4. The SMILES string of the molecule is CNC(c1cncc(Br)c1)c1cc(F)ccc1Cl. The third kappa shape index (κ3) is 2.88. The summed E-state index contributed by atoms with van der Waals surface area (Å²) in [7, 11) is 1.80. The molecule has 1 unspecified atom stereocenters. The van der Waals surface area contributed by atoms with Gasteiger partial charge in [0.1, 0.15) is 5.82 Å². The van der Waals surface area contributed by atoms with Crippen molar-refractivity contribution in [2.24, 2.45) is 0 Å². The first-order chi connectivity index (χ1) is 8.61. The first-order valence-corrected chi connectivity index (χ1v) is 6.51. The third-order valence-electron chi connectivity index (χ3n) is 2.62. The van der Waals surface area contributed by atoms with Crippen LogP contribution in [0.3, 0.4) is 0 Å². The first kappa shape index (κ1) is 13.5. The van der Waals surface area contributed by atoms with Gasteiger partial charge in [0.2, 0.25) is 0 Å². The van der Waals surface area contributed by atoms with Gasteiger partial charge in [0.05, 0.1) is 6.04 Å². The maximum Gasteiger partial charge on any atom is 0.123 e. The van der Waals surface area contributed by atoms with Gasteiger partial charge in [-0.2, -0.15) is 0 Å². The van der Waals surface area contributed by atoms with Crippen LogP contribution < -0.4 is 5.32 Å². The molecule has 0 amide bonds. The van der Waals surface area contributed by atoms with Gasteiger partial charge < -0.3 is 5.32 Å². The molecule has 94 valence electrons. The lowest BCUT2D eigenvalue weighted by Crippen LogP contribution is -2.18. The minimum Gasteiger partial charge on any atom is -0.309 e. The third-order valence-corrected chi connectivity index (χ3v) is 3.39. The van der Waals surface area contributed by atoms with Crippen LogP contribution in [0, 0.1) is 5.82 Å². The summed E-state index contributed by atoms with van der Waals surface area (Å²) in [5.74, 6) is -0.308. The fourth-order valence-electron chi connectivity index (χ4n) is 1.82. The summed E-state index contributed by atoms with van der Waals surface area (Å²) in [5.41, 5.74) is 1.61. The van der Waals surface area contributed by atoms with Crippen LogP contribution in [-0.4, -0.2) is 12.0 Å². The molecule has 0 saturated carbocycles. The van der Waals surface area contributed by atoms with Gasteiger partial charge in [0, 0.05) is 21.9 Å². The molecule has 5 heteroatoms. The lowest BCUT2D eigenvalue weighted by molar-refractivity contribution is 0.616. The van der Waals surface area contributed by atoms with E-state index in [2.05, 4.69) is 26.2 Å². The van der Waals surface area contributed by atoms with Gasteiger partial charge in [-0.05, 0) is 58.4 Å². The minimum absolute atomic E-state index is 0.196. The molecule has 0 aliphatic carbocycles. The van der Waals surface area contributed by atoms with Gasteiger partial charge >= 0.3 is 0 Å². The van der Waals surface area contributed by atoms with Crippen molar-refractivity contribution in [1.29, 1.82) is 0 Å². The monoisotopic (exact) mass is 328 g/mol. The van der Waals surface area contributed by atoms with Crippen molar-refractivity contribution < 1.29 is 4.39 Å². The summed E-state index contributed by atoms with van der Waals surface area (Å²) in [6.45, 7) is 0. The molecular formula is C13H11BrClFN2.